The van der Waals surface area contributed by atoms with E-state index in [4.69, 9.17) is 4.42 Å². The van der Waals surface area contributed by atoms with Crippen molar-refractivity contribution in [1.29, 1.82) is 0 Å². The molecule has 0 aliphatic rings. The van der Waals surface area contributed by atoms with E-state index >= 15 is 0 Å². The molecule has 0 aliphatic heterocycles. The molecule has 0 atom stereocenters. The molecule has 0 radical (unpaired) electrons. The van der Waals surface area contributed by atoms with Crippen molar-refractivity contribution in [2.75, 3.05) is 0 Å². The summed E-state index contributed by atoms with van der Waals surface area (Å²) in [7, 11) is 0. The zero-order valence-corrected chi connectivity index (χ0v) is 14.9. The molecular formula is C18H15N3OS2. The predicted octanol–water partition coefficient (Wildman–Crippen LogP) is 5.26. The SMILES string of the molecule is Cc1ccc(-c2nc(CSc3ncnc4ccsc34)co2)c(C)c1. The molecule has 0 spiro atoms. The highest BCUT2D eigenvalue weighted by molar-refractivity contribution is 7.98. The first-order chi connectivity index (χ1) is 11.7. The number of thioether (sulfide) groups is 1. The number of oxazole rings is 1. The van der Waals surface area contributed by atoms with E-state index in [0.29, 0.717) is 5.89 Å². The molecular weight excluding hydrogens is 338 g/mol. The van der Waals surface area contributed by atoms with Crippen molar-refractivity contribution in [1.82, 2.24) is 15.0 Å². The lowest BCUT2D eigenvalue weighted by Gasteiger charge is -2.02. The van der Waals surface area contributed by atoms with Gasteiger partial charge in [0.15, 0.2) is 0 Å². The van der Waals surface area contributed by atoms with Crippen LogP contribution in [0, 0.1) is 13.8 Å². The van der Waals surface area contributed by atoms with Crippen LogP contribution in [0.2, 0.25) is 0 Å². The maximum Gasteiger partial charge on any atom is 0.226 e. The van der Waals surface area contributed by atoms with E-state index in [9.17, 15) is 0 Å². The summed E-state index contributed by atoms with van der Waals surface area (Å²) in [4.78, 5) is 13.3. The van der Waals surface area contributed by atoms with E-state index in [1.165, 1.54) is 11.1 Å². The molecule has 1 aromatic carbocycles. The van der Waals surface area contributed by atoms with E-state index in [1.807, 2.05) is 11.4 Å². The van der Waals surface area contributed by atoms with E-state index in [2.05, 4.69) is 47.0 Å². The highest BCUT2D eigenvalue weighted by Gasteiger charge is 2.11. The third-order valence-electron chi connectivity index (χ3n) is 3.73. The van der Waals surface area contributed by atoms with Crippen LogP contribution in [0.3, 0.4) is 0 Å². The van der Waals surface area contributed by atoms with E-state index in [0.717, 1.165) is 32.3 Å². The number of benzene rings is 1. The van der Waals surface area contributed by atoms with Crippen LogP contribution in [0.4, 0.5) is 0 Å². The van der Waals surface area contributed by atoms with Crippen LogP contribution in [-0.4, -0.2) is 15.0 Å². The zero-order valence-electron chi connectivity index (χ0n) is 13.3. The molecule has 3 heterocycles. The van der Waals surface area contributed by atoms with Crippen molar-refractivity contribution in [3.05, 3.63) is 59.1 Å². The summed E-state index contributed by atoms with van der Waals surface area (Å²) in [5, 5.41) is 3.03. The molecule has 0 unspecified atom stereocenters. The summed E-state index contributed by atoms with van der Waals surface area (Å²) in [5.41, 5.74) is 5.36. The van der Waals surface area contributed by atoms with Crippen molar-refractivity contribution < 1.29 is 4.42 Å². The van der Waals surface area contributed by atoms with Crippen LogP contribution >= 0.6 is 23.1 Å². The molecule has 4 rings (SSSR count). The Labute approximate surface area is 148 Å². The molecule has 0 saturated carbocycles. The first-order valence-electron chi connectivity index (χ1n) is 7.54. The van der Waals surface area contributed by atoms with Gasteiger partial charge >= 0.3 is 0 Å². The van der Waals surface area contributed by atoms with Gasteiger partial charge in [-0.1, -0.05) is 29.5 Å². The quantitative estimate of drug-likeness (QED) is 0.370. The number of fused-ring (bicyclic) bond motifs is 1. The fourth-order valence-electron chi connectivity index (χ4n) is 2.56. The number of aryl methyl sites for hydroxylation is 2. The first-order valence-corrected chi connectivity index (χ1v) is 9.40. The van der Waals surface area contributed by atoms with Crippen molar-refractivity contribution in [3.63, 3.8) is 0 Å². The normalized spacial score (nSPS) is 11.2. The summed E-state index contributed by atoms with van der Waals surface area (Å²) in [6.07, 6.45) is 3.34. The Hall–Kier alpha value is -2.18. The van der Waals surface area contributed by atoms with Crippen LogP contribution in [0.5, 0.6) is 0 Å². The van der Waals surface area contributed by atoms with Crippen molar-refractivity contribution >= 4 is 33.3 Å². The zero-order chi connectivity index (χ0) is 16.5. The van der Waals surface area contributed by atoms with Crippen molar-refractivity contribution in [3.8, 4) is 11.5 Å². The Bertz CT molecular complexity index is 1010. The smallest absolute Gasteiger partial charge is 0.226 e. The average molecular weight is 353 g/mol. The summed E-state index contributed by atoms with van der Waals surface area (Å²) >= 11 is 3.32. The lowest BCUT2D eigenvalue weighted by Crippen LogP contribution is -1.87. The highest BCUT2D eigenvalue weighted by Crippen LogP contribution is 2.31. The number of nitrogens with zero attached hydrogens (tertiary/aromatic N) is 3. The summed E-state index contributed by atoms with van der Waals surface area (Å²) in [6.45, 7) is 4.16. The number of aromatic nitrogens is 3. The number of thiophene rings is 1. The molecule has 0 amide bonds. The van der Waals surface area contributed by atoms with Gasteiger partial charge in [-0.15, -0.1) is 11.3 Å². The second-order valence-corrected chi connectivity index (χ2v) is 7.44. The number of rotatable bonds is 4. The van der Waals surface area contributed by atoms with Gasteiger partial charge < -0.3 is 4.42 Å². The van der Waals surface area contributed by atoms with Crippen LogP contribution in [-0.2, 0) is 5.75 Å². The second-order valence-electron chi connectivity index (χ2n) is 5.56. The van der Waals surface area contributed by atoms with Gasteiger partial charge in [0.05, 0.1) is 15.9 Å². The Morgan fingerprint density at radius 3 is 2.96 bits per heavy atom. The van der Waals surface area contributed by atoms with Gasteiger partial charge in [0.2, 0.25) is 5.89 Å². The van der Waals surface area contributed by atoms with Gasteiger partial charge in [0.1, 0.15) is 17.6 Å². The molecule has 24 heavy (non-hydrogen) atoms. The molecule has 6 heteroatoms. The van der Waals surface area contributed by atoms with Gasteiger partial charge in [-0.3, -0.25) is 0 Å². The van der Waals surface area contributed by atoms with Gasteiger partial charge in [0, 0.05) is 11.3 Å². The fourth-order valence-corrected chi connectivity index (χ4v) is 4.39. The molecule has 0 saturated heterocycles. The molecule has 4 nitrogen and oxygen atoms in total. The maximum atomic E-state index is 5.68. The van der Waals surface area contributed by atoms with Gasteiger partial charge in [-0.25, -0.2) is 15.0 Å². The molecule has 4 aromatic rings. The van der Waals surface area contributed by atoms with Gasteiger partial charge in [-0.05, 0) is 36.9 Å². The lowest BCUT2D eigenvalue weighted by molar-refractivity contribution is 0.573. The minimum absolute atomic E-state index is 0.673. The van der Waals surface area contributed by atoms with Crippen LogP contribution < -0.4 is 0 Å². The van der Waals surface area contributed by atoms with E-state index in [-0.39, 0.29) is 0 Å². The Kier molecular flexibility index (Phi) is 4.08. The minimum Gasteiger partial charge on any atom is -0.444 e. The number of hydrogen-bond donors (Lipinski definition) is 0. The molecule has 0 aliphatic carbocycles. The van der Waals surface area contributed by atoms with E-state index < -0.39 is 0 Å². The maximum absolute atomic E-state index is 5.68. The third-order valence-corrected chi connectivity index (χ3v) is 5.79. The average Bonchev–Trinajstić information content (AvgIpc) is 3.22. The van der Waals surface area contributed by atoms with Gasteiger partial charge in [-0.2, -0.15) is 0 Å². The van der Waals surface area contributed by atoms with Crippen LogP contribution in [0.25, 0.3) is 21.7 Å². The highest BCUT2D eigenvalue weighted by atomic mass is 32.2. The van der Waals surface area contributed by atoms with Crippen LogP contribution in [0.1, 0.15) is 16.8 Å². The number of hydrogen-bond acceptors (Lipinski definition) is 6. The minimum atomic E-state index is 0.673. The molecule has 0 N–H and O–H groups in total. The molecule has 3 aromatic heterocycles. The Balaban J connectivity index is 1.54. The monoisotopic (exact) mass is 353 g/mol. The van der Waals surface area contributed by atoms with Crippen molar-refractivity contribution in [2.24, 2.45) is 0 Å². The standard InChI is InChI=1S/C18H15N3OS2/c1-11-3-4-14(12(2)7-11)17-21-13(8-22-17)9-24-18-16-15(5-6-23-16)19-10-20-18/h3-8,10H,9H2,1-2H3. The summed E-state index contributed by atoms with van der Waals surface area (Å²) in [5.74, 6) is 1.39. The summed E-state index contributed by atoms with van der Waals surface area (Å²) in [6, 6.07) is 8.30. The van der Waals surface area contributed by atoms with Crippen LogP contribution in [0.15, 0.2) is 51.7 Å². The topological polar surface area (TPSA) is 51.8 Å². The Morgan fingerprint density at radius 1 is 1.17 bits per heavy atom. The van der Waals surface area contributed by atoms with Gasteiger partial charge in [0.25, 0.3) is 0 Å². The Morgan fingerprint density at radius 2 is 2.08 bits per heavy atom. The molecule has 0 bridgehead atoms. The fraction of sp³-hybridized carbons (Fsp3) is 0.167. The lowest BCUT2D eigenvalue weighted by atomic mass is 10.1. The second kappa shape index (κ2) is 6.37. The molecule has 0 fully saturated rings. The van der Waals surface area contributed by atoms with Crippen molar-refractivity contribution in [2.45, 2.75) is 24.6 Å². The summed E-state index contributed by atoms with van der Waals surface area (Å²) < 4.78 is 6.80. The van der Waals surface area contributed by atoms with E-state index in [1.54, 1.807) is 35.7 Å². The predicted molar refractivity (Wildman–Crippen MR) is 98.4 cm³/mol. The third kappa shape index (κ3) is 2.95. The first kappa shape index (κ1) is 15.4. The largest absolute Gasteiger partial charge is 0.444 e. The molecule has 120 valence electrons.